The molecule has 0 fully saturated rings. The first-order chi connectivity index (χ1) is 12.8. The van der Waals surface area contributed by atoms with Crippen molar-refractivity contribution in [2.24, 2.45) is 5.73 Å². The van der Waals surface area contributed by atoms with Crippen LogP contribution in [0.5, 0.6) is 5.75 Å². The van der Waals surface area contributed by atoms with Crippen LogP contribution in [0.2, 0.25) is 0 Å². The van der Waals surface area contributed by atoms with Crippen LogP contribution in [0.3, 0.4) is 0 Å². The van der Waals surface area contributed by atoms with Crippen molar-refractivity contribution in [1.82, 2.24) is 4.98 Å². The van der Waals surface area contributed by atoms with E-state index in [0.29, 0.717) is 12.4 Å². The Labute approximate surface area is 155 Å². The third-order valence-electron chi connectivity index (χ3n) is 3.74. The molecule has 140 valence electrons. The van der Waals surface area contributed by atoms with Gasteiger partial charge in [-0.25, -0.2) is 0 Å². The predicted molar refractivity (Wildman–Crippen MR) is 94.7 cm³/mol. The molecule has 0 bridgehead atoms. The Bertz CT molecular complexity index is 1010. The van der Waals surface area contributed by atoms with Gasteiger partial charge in [-0.2, -0.15) is 24.5 Å². The molecule has 2 heterocycles. The number of alkyl halides is 3. The minimum Gasteiger partial charge on any atom is -0.489 e. The standard InChI is InChI=1S/C18H13F3N2O3S/c19-18(20,21)15-13(7-14(16(22)24)17(25)23-15)11-1-3-12(4-2-11)26-8-10-5-6-27-9-10/h1-7,9H,8H2,(H2,22,24)(H,23,25). The van der Waals surface area contributed by atoms with Crippen molar-refractivity contribution < 1.29 is 22.7 Å². The van der Waals surface area contributed by atoms with E-state index in [1.165, 1.54) is 35.6 Å². The van der Waals surface area contributed by atoms with Crippen LogP contribution in [-0.2, 0) is 12.8 Å². The molecule has 27 heavy (non-hydrogen) atoms. The number of amides is 1. The molecule has 3 rings (SSSR count). The number of primary amides is 1. The van der Waals surface area contributed by atoms with Gasteiger partial charge in [0.25, 0.3) is 11.5 Å². The highest BCUT2D eigenvalue weighted by Crippen LogP contribution is 2.35. The number of aromatic nitrogens is 1. The molecular weight excluding hydrogens is 381 g/mol. The average molecular weight is 394 g/mol. The second kappa shape index (κ2) is 7.28. The van der Waals surface area contributed by atoms with Gasteiger partial charge in [0.1, 0.15) is 23.6 Å². The summed E-state index contributed by atoms with van der Waals surface area (Å²) in [6, 6.07) is 8.60. The second-order valence-corrected chi connectivity index (χ2v) is 6.39. The van der Waals surface area contributed by atoms with E-state index in [9.17, 15) is 22.8 Å². The van der Waals surface area contributed by atoms with Gasteiger partial charge in [0.15, 0.2) is 0 Å². The molecule has 9 heteroatoms. The molecule has 5 nitrogen and oxygen atoms in total. The lowest BCUT2D eigenvalue weighted by molar-refractivity contribution is -0.140. The van der Waals surface area contributed by atoms with Crippen LogP contribution in [0.15, 0.2) is 52.0 Å². The van der Waals surface area contributed by atoms with E-state index in [1.54, 1.807) is 4.98 Å². The Morgan fingerprint density at radius 2 is 1.89 bits per heavy atom. The fraction of sp³-hybridized carbons (Fsp3) is 0.111. The maximum Gasteiger partial charge on any atom is 0.431 e. The Morgan fingerprint density at radius 3 is 2.44 bits per heavy atom. The average Bonchev–Trinajstić information content (AvgIpc) is 3.13. The van der Waals surface area contributed by atoms with Crippen LogP contribution >= 0.6 is 11.3 Å². The summed E-state index contributed by atoms with van der Waals surface area (Å²) in [6.45, 7) is 0.334. The molecular formula is C18H13F3N2O3S. The molecule has 3 aromatic rings. The lowest BCUT2D eigenvalue weighted by Crippen LogP contribution is -2.27. The van der Waals surface area contributed by atoms with Crippen molar-refractivity contribution in [3.05, 3.63) is 74.3 Å². The number of carbonyl (C=O) groups is 1. The number of rotatable bonds is 5. The van der Waals surface area contributed by atoms with Crippen molar-refractivity contribution >= 4 is 17.2 Å². The number of H-pyrrole nitrogens is 1. The van der Waals surface area contributed by atoms with Gasteiger partial charge in [0, 0.05) is 5.56 Å². The third kappa shape index (κ3) is 4.20. The van der Waals surface area contributed by atoms with Gasteiger partial charge in [-0.1, -0.05) is 12.1 Å². The number of benzene rings is 1. The summed E-state index contributed by atoms with van der Waals surface area (Å²) >= 11 is 1.53. The first-order valence-electron chi connectivity index (χ1n) is 7.64. The number of aromatic amines is 1. The summed E-state index contributed by atoms with van der Waals surface area (Å²) < 4.78 is 45.5. The highest BCUT2D eigenvalue weighted by Gasteiger charge is 2.36. The van der Waals surface area contributed by atoms with Crippen molar-refractivity contribution in [3.8, 4) is 16.9 Å². The Morgan fingerprint density at radius 1 is 1.19 bits per heavy atom. The molecule has 0 spiro atoms. The molecule has 0 aliphatic heterocycles. The highest BCUT2D eigenvalue weighted by molar-refractivity contribution is 7.07. The highest BCUT2D eigenvalue weighted by atomic mass is 32.1. The van der Waals surface area contributed by atoms with Gasteiger partial charge in [-0.15, -0.1) is 0 Å². The first kappa shape index (κ1) is 18.7. The van der Waals surface area contributed by atoms with Gasteiger partial charge >= 0.3 is 6.18 Å². The summed E-state index contributed by atoms with van der Waals surface area (Å²) in [7, 11) is 0. The minimum atomic E-state index is -4.81. The summed E-state index contributed by atoms with van der Waals surface area (Å²) in [5.74, 6) is -0.639. The second-order valence-electron chi connectivity index (χ2n) is 5.61. The van der Waals surface area contributed by atoms with E-state index in [4.69, 9.17) is 10.5 Å². The van der Waals surface area contributed by atoms with Crippen LogP contribution in [0.4, 0.5) is 13.2 Å². The summed E-state index contributed by atoms with van der Waals surface area (Å²) in [5, 5.41) is 3.84. The van der Waals surface area contributed by atoms with Gasteiger partial charge < -0.3 is 15.5 Å². The normalized spacial score (nSPS) is 11.4. The van der Waals surface area contributed by atoms with Crippen molar-refractivity contribution in [3.63, 3.8) is 0 Å². The predicted octanol–water partition coefficient (Wildman–Crippen LogP) is 3.80. The topological polar surface area (TPSA) is 85.2 Å². The first-order valence-corrected chi connectivity index (χ1v) is 8.58. The van der Waals surface area contributed by atoms with Crippen molar-refractivity contribution in [1.29, 1.82) is 0 Å². The van der Waals surface area contributed by atoms with Crippen LogP contribution in [0.1, 0.15) is 21.6 Å². The monoisotopic (exact) mass is 394 g/mol. The smallest absolute Gasteiger partial charge is 0.431 e. The molecule has 1 amide bonds. The zero-order chi connectivity index (χ0) is 19.6. The van der Waals surface area contributed by atoms with Crippen molar-refractivity contribution in [2.75, 3.05) is 0 Å². The summed E-state index contributed by atoms with van der Waals surface area (Å²) in [6.07, 6.45) is -4.81. The van der Waals surface area contributed by atoms with E-state index < -0.39 is 28.9 Å². The number of nitrogens with one attached hydrogen (secondary N) is 1. The Balaban J connectivity index is 1.95. The minimum absolute atomic E-state index is 0.156. The molecule has 3 N–H and O–H groups in total. The van der Waals surface area contributed by atoms with E-state index >= 15 is 0 Å². The van der Waals surface area contributed by atoms with Gasteiger partial charge in [-0.05, 0) is 46.2 Å². The SMILES string of the molecule is NC(=O)c1cc(-c2ccc(OCc3ccsc3)cc2)c(C(F)(F)F)[nH]c1=O. The number of pyridine rings is 1. The van der Waals surface area contributed by atoms with Crippen LogP contribution in [0.25, 0.3) is 11.1 Å². The van der Waals surface area contributed by atoms with Crippen molar-refractivity contribution in [2.45, 2.75) is 12.8 Å². The number of hydrogen-bond acceptors (Lipinski definition) is 4. The zero-order valence-electron chi connectivity index (χ0n) is 13.7. The lowest BCUT2D eigenvalue weighted by atomic mass is 10.0. The molecule has 2 aromatic heterocycles. The summed E-state index contributed by atoms with van der Waals surface area (Å²) in [5.41, 5.74) is 2.89. The van der Waals surface area contributed by atoms with Gasteiger partial charge in [-0.3, -0.25) is 9.59 Å². The van der Waals surface area contributed by atoms with Gasteiger partial charge in [0.2, 0.25) is 0 Å². The molecule has 0 saturated heterocycles. The lowest BCUT2D eigenvalue weighted by Gasteiger charge is -2.14. The molecule has 0 unspecified atom stereocenters. The number of nitrogens with two attached hydrogens (primary N) is 1. The maximum absolute atomic E-state index is 13.3. The molecule has 0 saturated carbocycles. The number of halogens is 3. The fourth-order valence-corrected chi connectivity index (χ4v) is 3.09. The number of thiophene rings is 1. The maximum atomic E-state index is 13.3. The van der Waals surface area contributed by atoms with E-state index in [0.717, 1.165) is 11.6 Å². The largest absolute Gasteiger partial charge is 0.489 e. The van der Waals surface area contributed by atoms with E-state index in [2.05, 4.69) is 0 Å². The Kier molecular flexibility index (Phi) is 5.04. The van der Waals surface area contributed by atoms with Gasteiger partial charge in [0.05, 0.1) is 0 Å². The van der Waals surface area contributed by atoms with E-state index in [1.807, 2.05) is 16.8 Å². The van der Waals surface area contributed by atoms with E-state index in [-0.39, 0.29) is 11.1 Å². The fourth-order valence-electron chi connectivity index (χ4n) is 2.44. The van der Waals surface area contributed by atoms with Crippen LogP contribution in [0, 0.1) is 0 Å². The third-order valence-corrected chi connectivity index (χ3v) is 4.47. The van der Waals surface area contributed by atoms with Crippen LogP contribution in [-0.4, -0.2) is 10.9 Å². The number of carbonyl (C=O) groups excluding carboxylic acids is 1. The molecule has 0 radical (unpaired) electrons. The number of ether oxygens (including phenoxy) is 1. The molecule has 1 aromatic carbocycles. The molecule has 0 aliphatic rings. The Hall–Kier alpha value is -3.07. The van der Waals surface area contributed by atoms with Crippen LogP contribution < -0.4 is 16.0 Å². The quantitative estimate of drug-likeness (QED) is 0.690. The number of hydrogen-bond donors (Lipinski definition) is 2. The zero-order valence-corrected chi connectivity index (χ0v) is 14.5. The molecule has 0 aliphatic carbocycles. The summed E-state index contributed by atoms with van der Waals surface area (Å²) in [4.78, 5) is 24.7. The molecule has 0 atom stereocenters.